The number of aliphatic imine (C=N–C) groups is 1. The summed E-state index contributed by atoms with van der Waals surface area (Å²) < 4.78 is 5.85. The van der Waals surface area contributed by atoms with Gasteiger partial charge in [-0.3, -0.25) is 9.79 Å². The first-order valence-electron chi connectivity index (χ1n) is 14.7. The number of carbonyl (C=O) groups excluding carboxylic acids is 1. The van der Waals surface area contributed by atoms with Crippen molar-refractivity contribution in [2.24, 2.45) is 45.4 Å². The molecule has 4 aliphatic carbocycles. The second-order valence-corrected chi connectivity index (χ2v) is 13.1. The first kappa shape index (κ1) is 26.7. The summed E-state index contributed by atoms with van der Waals surface area (Å²) in [5.74, 6) is 3.82. The summed E-state index contributed by atoms with van der Waals surface area (Å²) in [7, 11) is 0. The maximum absolute atomic E-state index is 12.1. The minimum Gasteiger partial charge on any atom is -0.462 e. The van der Waals surface area contributed by atoms with Gasteiger partial charge in [-0.15, -0.1) is 0 Å². The summed E-state index contributed by atoms with van der Waals surface area (Å²) in [5, 5.41) is 0. The van der Waals surface area contributed by atoms with Crippen LogP contribution in [0.1, 0.15) is 112 Å². The Morgan fingerprint density at radius 2 is 1.97 bits per heavy atom. The first-order valence-corrected chi connectivity index (χ1v) is 14.7. The molecule has 0 aromatic heterocycles. The van der Waals surface area contributed by atoms with E-state index in [0.717, 1.165) is 55.9 Å². The van der Waals surface area contributed by atoms with Crippen LogP contribution in [0.3, 0.4) is 0 Å². The lowest BCUT2D eigenvalue weighted by molar-refractivity contribution is -0.151. The van der Waals surface area contributed by atoms with Gasteiger partial charge in [0.25, 0.3) is 0 Å². The van der Waals surface area contributed by atoms with E-state index in [9.17, 15) is 4.79 Å². The Labute approximate surface area is 215 Å². The number of ether oxygens (including phenoxy) is 1. The van der Waals surface area contributed by atoms with Crippen molar-refractivity contribution in [3.05, 3.63) is 23.3 Å². The van der Waals surface area contributed by atoms with Crippen molar-refractivity contribution in [1.82, 2.24) is 0 Å². The van der Waals surface area contributed by atoms with Crippen LogP contribution >= 0.6 is 0 Å². The zero-order chi connectivity index (χ0) is 25.2. The number of carbonyl (C=O) groups is 1. The third kappa shape index (κ3) is 5.35. The molecule has 4 rings (SSSR count). The maximum Gasteiger partial charge on any atom is 0.306 e. The van der Waals surface area contributed by atoms with Crippen LogP contribution in [0.15, 0.2) is 28.3 Å². The van der Waals surface area contributed by atoms with Crippen molar-refractivity contribution < 1.29 is 9.53 Å². The summed E-state index contributed by atoms with van der Waals surface area (Å²) >= 11 is 0. The normalized spacial score (nSPS) is 39.3. The number of fused-ring (bicyclic) bond motifs is 5. The van der Waals surface area contributed by atoms with Crippen LogP contribution < -0.4 is 0 Å². The summed E-state index contributed by atoms with van der Waals surface area (Å²) in [6.45, 7) is 14.9. The number of hydrogen-bond donors (Lipinski definition) is 0. The van der Waals surface area contributed by atoms with E-state index < -0.39 is 0 Å². The van der Waals surface area contributed by atoms with Crippen molar-refractivity contribution >= 4 is 12.2 Å². The van der Waals surface area contributed by atoms with Crippen molar-refractivity contribution in [2.75, 3.05) is 6.54 Å². The van der Waals surface area contributed by atoms with Crippen LogP contribution in [0.25, 0.3) is 0 Å². The fourth-order valence-electron chi connectivity index (χ4n) is 8.85. The molecule has 0 aromatic rings. The lowest BCUT2D eigenvalue weighted by Gasteiger charge is -2.58. The predicted octanol–water partition coefficient (Wildman–Crippen LogP) is 8.34. The molecule has 35 heavy (non-hydrogen) atoms. The molecular formula is C32H51NO2. The molecule has 3 nitrogen and oxygen atoms in total. The summed E-state index contributed by atoms with van der Waals surface area (Å²) in [5.41, 5.74) is 3.77. The van der Waals surface area contributed by atoms with Crippen LogP contribution in [0.4, 0.5) is 0 Å². The Hall–Kier alpha value is -1.38. The molecule has 196 valence electrons. The highest BCUT2D eigenvalue weighted by molar-refractivity contribution is 5.69. The quantitative estimate of drug-likeness (QED) is 0.151. The average molecular weight is 482 g/mol. The Morgan fingerprint density at radius 1 is 1.17 bits per heavy atom. The summed E-state index contributed by atoms with van der Waals surface area (Å²) in [4.78, 5) is 16.9. The van der Waals surface area contributed by atoms with Gasteiger partial charge in [0.1, 0.15) is 6.10 Å². The van der Waals surface area contributed by atoms with E-state index in [-0.39, 0.29) is 12.1 Å². The fraction of sp³-hybridized carbons (Fsp3) is 0.812. The number of esters is 1. The van der Waals surface area contributed by atoms with Gasteiger partial charge in [-0.2, -0.15) is 0 Å². The van der Waals surface area contributed by atoms with Gasteiger partial charge in [-0.1, -0.05) is 51.0 Å². The summed E-state index contributed by atoms with van der Waals surface area (Å²) in [6.07, 6.45) is 19.7. The highest BCUT2D eigenvalue weighted by atomic mass is 16.5. The zero-order valence-electron chi connectivity index (χ0n) is 23.4. The number of hydrogen-bond acceptors (Lipinski definition) is 3. The molecule has 0 N–H and O–H groups in total. The van der Waals surface area contributed by atoms with Crippen molar-refractivity contribution in [3.8, 4) is 0 Å². The second-order valence-electron chi connectivity index (χ2n) is 13.1. The Kier molecular flexibility index (Phi) is 8.33. The Bertz CT molecular complexity index is 852. The minimum atomic E-state index is -0.00424. The molecule has 0 spiro atoms. The standard InChI is InChI=1S/C32H51NO2/c1-7-9-30(34)35-25-15-17-31(5)24(20-25)11-12-26-28-14-13-27(32(28,6)18-16-29(26)31)23(4)21-33-19-8-10-22(2)3/h10-11,21,23,25-29H,7-9,12-20H2,1-6H3/t23-,25+,26+,27-,28?,29+,31+,32-/m1/s1. The van der Waals surface area contributed by atoms with Gasteiger partial charge in [-0.05, 0) is 112 Å². The maximum atomic E-state index is 12.1. The van der Waals surface area contributed by atoms with E-state index in [1.807, 2.05) is 6.92 Å². The van der Waals surface area contributed by atoms with E-state index in [4.69, 9.17) is 9.73 Å². The topological polar surface area (TPSA) is 38.7 Å². The van der Waals surface area contributed by atoms with Crippen molar-refractivity contribution in [3.63, 3.8) is 0 Å². The second kappa shape index (κ2) is 10.9. The Morgan fingerprint density at radius 3 is 2.71 bits per heavy atom. The predicted molar refractivity (Wildman–Crippen MR) is 147 cm³/mol. The van der Waals surface area contributed by atoms with Gasteiger partial charge in [0, 0.05) is 25.6 Å². The molecule has 0 amide bonds. The van der Waals surface area contributed by atoms with E-state index >= 15 is 0 Å². The van der Waals surface area contributed by atoms with Gasteiger partial charge in [-0.25, -0.2) is 0 Å². The van der Waals surface area contributed by atoms with Gasteiger partial charge in [0.15, 0.2) is 0 Å². The third-order valence-corrected chi connectivity index (χ3v) is 10.7. The van der Waals surface area contributed by atoms with Crippen LogP contribution in [-0.2, 0) is 9.53 Å². The van der Waals surface area contributed by atoms with E-state index in [1.165, 1.54) is 44.1 Å². The lowest BCUT2D eigenvalue weighted by atomic mass is 9.47. The minimum absolute atomic E-state index is 0.00424. The van der Waals surface area contributed by atoms with Crippen LogP contribution in [0.2, 0.25) is 0 Å². The lowest BCUT2D eigenvalue weighted by Crippen LogP contribution is -2.51. The van der Waals surface area contributed by atoms with Crippen LogP contribution in [0.5, 0.6) is 0 Å². The molecule has 0 saturated heterocycles. The van der Waals surface area contributed by atoms with Gasteiger partial charge in [0.05, 0.1) is 0 Å². The molecular weight excluding hydrogens is 430 g/mol. The average Bonchev–Trinajstić information content (AvgIpc) is 3.16. The zero-order valence-corrected chi connectivity index (χ0v) is 23.4. The van der Waals surface area contributed by atoms with Crippen molar-refractivity contribution in [1.29, 1.82) is 0 Å². The van der Waals surface area contributed by atoms with E-state index in [2.05, 4.69) is 53.0 Å². The number of rotatable bonds is 8. The molecule has 3 saturated carbocycles. The molecule has 3 heteroatoms. The third-order valence-electron chi connectivity index (χ3n) is 10.7. The van der Waals surface area contributed by atoms with Crippen LogP contribution in [0, 0.1) is 40.4 Å². The Balaban J connectivity index is 1.42. The van der Waals surface area contributed by atoms with Gasteiger partial charge >= 0.3 is 5.97 Å². The van der Waals surface area contributed by atoms with Crippen LogP contribution in [-0.4, -0.2) is 24.8 Å². The molecule has 8 atom stereocenters. The first-order chi connectivity index (χ1) is 16.7. The number of allylic oxidation sites excluding steroid dienone is 2. The van der Waals surface area contributed by atoms with Crippen molar-refractivity contribution in [2.45, 2.75) is 118 Å². The fourth-order valence-corrected chi connectivity index (χ4v) is 8.85. The molecule has 0 heterocycles. The molecule has 4 aliphatic rings. The highest BCUT2D eigenvalue weighted by Gasteiger charge is 2.59. The van der Waals surface area contributed by atoms with E-state index in [0.29, 0.717) is 23.2 Å². The number of nitrogens with zero attached hydrogens (tertiary/aromatic N) is 1. The molecule has 3 fully saturated rings. The molecule has 0 aromatic carbocycles. The van der Waals surface area contributed by atoms with Gasteiger partial charge < -0.3 is 4.74 Å². The van der Waals surface area contributed by atoms with E-state index in [1.54, 1.807) is 5.57 Å². The SMILES string of the molecule is CCCC(=O)O[C@H]1CC[C@@]2(C)C(=CC[C@H]3C4CC[C@H]([C@H](C)C=NCCC=C(C)C)[C@@]4(C)CC[C@@H]32)C1. The molecule has 0 aliphatic heterocycles. The van der Waals surface area contributed by atoms with Gasteiger partial charge in [0.2, 0.25) is 0 Å². The molecule has 1 unspecified atom stereocenters. The smallest absolute Gasteiger partial charge is 0.306 e. The monoisotopic (exact) mass is 481 g/mol. The molecule has 0 radical (unpaired) electrons. The largest absolute Gasteiger partial charge is 0.462 e. The highest BCUT2D eigenvalue weighted by Crippen LogP contribution is 2.67. The molecule has 0 bridgehead atoms. The summed E-state index contributed by atoms with van der Waals surface area (Å²) in [6, 6.07) is 0.